The summed E-state index contributed by atoms with van der Waals surface area (Å²) in [6, 6.07) is 3.41. The Morgan fingerprint density at radius 1 is 1.25 bits per heavy atom. The first-order valence-corrected chi connectivity index (χ1v) is 6.52. The van der Waals surface area contributed by atoms with Crippen LogP contribution in [0.25, 0.3) is 0 Å². The van der Waals surface area contributed by atoms with Gasteiger partial charge in [-0.05, 0) is 51.0 Å². The smallest absolute Gasteiger partial charge is 0.145 e. The molecule has 0 saturated carbocycles. The lowest BCUT2D eigenvalue weighted by molar-refractivity contribution is -0.104. The lowest BCUT2D eigenvalue weighted by Gasteiger charge is -2.27. The first kappa shape index (κ1) is 16.3. The van der Waals surface area contributed by atoms with E-state index in [9.17, 15) is 13.6 Å². The first-order chi connectivity index (χ1) is 9.28. The van der Waals surface area contributed by atoms with Crippen molar-refractivity contribution in [1.82, 2.24) is 0 Å². The average molecular weight is 278 g/mol. The highest BCUT2D eigenvalue weighted by Gasteiger charge is 2.27. The van der Waals surface area contributed by atoms with Crippen molar-refractivity contribution in [2.45, 2.75) is 39.5 Å². The van der Waals surface area contributed by atoms with E-state index in [1.54, 1.807) is 19.9 Å². The van der Waals surface area contributed by atoms with Crippen molar-refractivity contribution in [3.8, 4) is 0 Å². The van der Waals surface area contributed by atoms with E-state index in [0.717, 1.165) is 24.0 Å². The number of aldehydes is 1. The monoisotopic (exact) mass is 278 g/mol. The van der Waals surface area contributed by atoms with E-state index in [-0.39, 0.29) is 5.56 Å². The van der Waals surface area contributed by atoms with Crippen LogP contribution in [0, 0.1) is 11.6 Å². The minimum Gasteiger partial charge on any atom is -0.298 e. The number of benzene rings is 1. The summed E-state index contributed by atoms with van der Waals surface area (Å²) >= 11 is 0. The van der Waals surface area contributed by atoms with Crippen LogP contribution < -0.4 is 0 Å². The Bertz CT molecular complexity index is 554. The van der Waals surface area contributed by atoms with Crippen LogP contribution in [0.5, 0.6) is 0 Å². The van der Waals surface area contributed by atoms with Gasteiger partial charge in [-0.1, -0.05) is 24.6 Å². The van der Waals surface area contributed by atoms with E-state index in [4.69, 9.17) is 0 Å². The van der Waals surface area contributed by atoms with Gasteiger partial charge >= 0.3 is 0 Å². The first-order valence-electron chi connectivity index (χ1n) is 6.52. The van der Waals surface area contributed by atoms with E-state index in [1.165, 1.54) is 6.07 Å². The number of rotatable bonds is 5. The summed E-state index contributed by atoms with van der Waals surface area (Å²) in [5.74, 6) is -0.951. The maximum Gasteiger partial charge on any atom is 0.145 e. The quantitative estimate of drug-likeness (QED) is 0.432. The maximum absolute atomic E-state index is 14.0. The zero-order chi connectivity index (χ0) is 15.3. The van der Waals surface area contributed by atoms with Gasteiger partial charge < -0.3 is 0 Å². The number of carbonyl (C=O) groups is 1. The molecule has 0 bridgehead atoms. The molecule has 1 unspecified atom stereocenters. The van der Waals surface area contributed by atoms with Crippen molar-refractivity contribution >= 4 is 6.29 Å². The standard InChI is InChI=1S/C17H20F2O/c1-12(2)7-8-17(4,10-13(3)11-20)15-9-14(18)5-6-16(15)19/h5-7,9-11H,8H2,1-4H3/b13-10+. The maximum atomic E-state index is 14.0. The number of halogens is 2. The van der Waals surface area contributed by atoms with E-state index >= 15 is 0 Å². The predicted octanol–water partition coefficient (Wildman–Crippen LogP) is 4.72. The minimum absolute atomic E-state index is 0.260. The normalized spacial score (nSPS) is 14.6. The fourth-order valence-electron chi connectivity index (χ4n) is 2.13. The number of hydrogen-bond acceptors (Lipinski definition) is 1. The van der Waals surface area contributed by atoms with Crippen molar-refractivity contribution in [3.05, 3.63) is 58.7 Å². The Kier molecular flexibility index (Phi) is 5.37. The Labute approximate surface area is 119 Å². The predicted molar refractivity (Wildman–Crippen MR) is 77.6 cm³/mol. The van der Waals surface area contributed by atoms with Crippen LogP contribution in [0.15, 0.2) is 41.5 Å². The Morgan fingerprint density at radius 3 is 2.45 bits per heavy atom. The van der Waals surface area contributed by atoms with Crippen molar-refractivity contribution < 1.29 is 13.6 Å². The van der Waals surface area contributed by atoms with Crippen LogP contribution in [-0.2, 0) is 10.2 Å². The molecule has 0 radical (unpaired) electrons. The third-order valence-electron chi connectivity index (χ3n) is 3.21. The number of carbonyl (C=O) groups excluding carboxylic acids is 1. The molecule has 1 atom stereocenters. The molecule has 0 heterocycles. The van der Waals surface area contributed by atoms with E-state index in [0.29, 0.717) is 12.0 Å². The van der Waals surface area contributed by atoms with E-state index < -0.39 is 17.0 Å². The molecule has 0 aliphatic carbocycles. The van der Waals surface area contributed by atoms with Gasteiger partial charge in [0.1, 0.15) is 17.9 Å². The van der Waals surface area contributed by atoms with Crippen LogP contribution in [-0.4, -0.2) is 6.29 Å². The van der Waals surface area contributed by atoms with Gasteiger partial charge in [0.05, 0.1) is 0 Å². The minimum atomic E-state index is -0.756. The molecular formula is C17H20F2O. The van der Waals surface area contributed by atoms with Crippen LogP contribution in [0.3, 0.4) is 0 Å². The molecule has 0 aromatic heterocycles. The average Bonchev–Trinajstić information content (AvgIpc) is 2.39. The number of allylic oxidation sites excluding steroid dienone is 4. The van der Waals surface area contributed by atoms with Gasteiger partial charge in [-0.25, -0.2) is 8.78 Å². The fraction of sp³-hybridized carbons (Fsp3) is 0.353. The summed E-state index contributed by atoms with van der Waals surface area (Å²) in [4.78, 5) is 10.9. The largest absolute Gasteiger partial charge is 0.298 e. The molecule has 108 valence electrons. The molecule has 1 rings (SSSR count). The summed E-state index contributed by atoms with van der Waals surface area (Å²) in [5, 5.41) is 0. The molecule has 0 aliphatic rings. The SMILES string of the molecule is CC(C)=CCC(C)(/C=C(\C)C=O)c1cc(F)ccc1F. The van der Waals surface area contributed by atoms with Crippen LogP contribution in [0.2, 0.25) is 0 Å². The van der Waals surface area contributed by atoms with Crippen molar-refractivity contribution in [2.24, 2.45) is 0 Å². The second-order valence-electron chi connectivity index (χ2n) is 5.53. The Morgan fingerprint density at radius 2 is 1.90 bits per heavy atom. The summed E-state index contributed by atoms with van der Waals surface area (Å²) in [6.07, 6.45) is 4.87. The highest BCUT2D eigenvalue weighted by molar-refractivity contribution is 5.72. The summed E-state index contributed by atoms with van der Waals surface area (Å²) < 4.78 is 27.5. The van der Waals surface area contributed by atoms with Crippen LogP contribution in [0.1, 0.15) is 39.7 Å². The molecule has 0 fully saturated rings. The highest BCUT2D eigenvalue weighted by Crippen LogP contribution is 2.33. The fourth-order valence-corrected chi connectivity index (χ4v) is 2.13. The highest BCUT2D eigenvalue weighted by atomic mass is 19.1. The second-order valence-corrected chi connectivity index (χ2v) is 5.53. The molecule has 1 nitrogen and oxygen atoms in total. The van der Waals surface area contributed by atoms with E-state index in [1.807, 2.05) is 19.9 Å². The second kappa shape index (κ2) is 6.60. The third kappa shape index (κ3) is 4.12. The molecule has 20 heavy (non-hydrogen) atoms. The van der Waals surface area contributed by atoms with Gasteiger partial charge in [-0.2, -0.15) is 0 Å². The molecular weight excluding hydrogens is 258 g/mol. The molecule has 0 amide bonds. The van der Waals surface area contributed by atoms with Gasteiger partial charge in [0.15, 0.2) is 0 Å². The topological polar surface area (TPSA) is 17.1 Å². The van der Waals surface area contributed by atoms with Crippen molar-refractivity contribution in [3.63, 3.8) is 0 Å². The molecule has 0 saturated heterocycles. The Hall–Kier alpha value is -1.77. The van der Waals surface area contributed by atoms with Gasteiger partial charge in [0.2, 0.25) is 0 Å². The zero-order valence-corrected chi connectivity index (χ0v) is 12.3. The van der Waals surface area contributed by atoms with Gasteiger partial charge in [-0.15, -0.1) is 0 Å². The summed E-state index contributed by atoms with van der Waals surface area (Å²) in [7, 11) is 0. The molecule has 0 spiro atoms. The van der Waals surface area contributed by atoms with Gasteiger partial charge in [0.25, 0.3) is 0 Å². The summed E-state index contributed by atoms with van der Waals surface area (Å²) in [5.41, 5.74) is 1.09. The molecule has 0 aliphatic heterocycles. The van der Waals surface area contributed by atoms with Crippen LogP contribution >= 0.6 is 0 Å². The number of hydrogen-bond donors (Lipinski definition) is 0. The van der Waals surface area contributed by atoms with Gasteiger partial charge in [0, 0.05) is 11.0 Å². The molecule has 1 aromatic rings. The van der Waals surface area contributed by atoms with Crippen molar-refractivity contribution in [1.29, 1.82) is 0 Å². The van der Waals surface area contributed by atoms with Gasteiger partial charge in [-0.3, -0.25) is 4.79 Å². The molecule has 0 N–H and O–H groups in total. The lowest BCUT2D eigenvalue weighted by atomic mass is 9.77. The third-order valence-corrected chi connectivity index (χ3v) is 3.21. The Balaban J connectivity index is 3.39. The van der Waals surface area contributed by atoms with Crippen molar-refractivity contribution in [2.75, 3.05) is 0 Å². The molecule has 1 aromatic carbocycles. The lowest BCUT2D eigenvalue weighted by Crippen LogP contribution is -2.21. The zero-order valence-electron chi connectivity index (χ0n) is 12.3. The van der Waals surface area contributed by atoms with E-state index in [2.05, 4.69) is 0 Å². The summed E-state index contributed by atoms with van der Waals surface area (Å²) in [6.45, 7) is 7.35. The van der Waals surface area contributed by atoms with Crippen LogP contribution in [0.4, 0.5) is 8.78 Å². The molecule has 3 heteroatoms.